The molecule has 0 bridgehead atoms. The Morgan fingerprint density at radius 1 is 1.18 bits per heavy atom. The normalized spacial score (nSPS) is 18.0. The van der Waals surface area contributed by atoms with Gasteiger partial charge in [-0.3, -0.25) is 4.98 Å². The van der Waals surface area contributed by atoms with E-state index in [4.69, 9.17) is 0 Å². The van der Waals surface area contributed by atoms with Gasteiger partial charge in [0.15, 0.2) is 5.65 Å². The second-order valence-corrected chi connectivity index (χ2v) is 5.56. The van der Waals surface area contributed by atoms with E-state index < -0.39 is 0 Å². The molecular formula is C15H17N7. The number of aromatic nitrogens is 5. The number of nitrogens with one attached hydrogen (secondary N) is 1. The zero-order chi connectivity index (χ0) is 14.8. The molecule has 1 fully saturated rings. The van der Waals surface area contributed by atoms with Crippen molar-refractivity contribution in [2.75, 3.05) is 29.9 Å². The lowest BCUT2D eigenvalue weighted by atomic mass is 10.1. The van der Waals surface area contributed by atoms with Crippen LogP contribution in [0.3, 0.4) is 0 Å². The van der Waals surface area contributed by atoms with Gasteiger partial charge in [-0.25, -0.2) is 0 Å². The third kappa shape index (κ3) is 2.45. The average Bonchev–Trinajstić information content (AvgIpc) is 3.23. The molecule has 7 heteroatoms. The van der Waals surface area contributed by atoms with Crippen LogP contribution >= 0.6 is 0 Å². The number of hydrogen-bond acceptors (Lipinski definition) is 6. The molecular weight excluding hydrogens is 278 g/mol. The molecule has 22 heavy (non-hydrogen) atoms. The summed E-state index contributed by atoms with van der Waals surface area (Å²) in [5, 5.41) is 15.0. The van der Waals surface area contributed by atoms with Crippen molar-refractivity contribution < 1.29 is 0 Å². The number of anilines is 2. The molecule has 112 valence electrons. The first kappa shape index (κ1) is 13.0. The average molecular weight is 295 g/mol. The Kier molecular flexibility index (Phi) is 3.30. The summed E-state index contributed by atoms with van der Waals surface area (Å²) in [4.78, 5) is 6.59. The van der Waals surface area contributed by atoms with Crippen LogP contribution in [-0.2, 0) is 0 Å². The first-order valence-corrected chi connectivity index (χ1v) is 7.46. The highest BCUT2D eigenvalue weighted by molar-refractivity contribution is 5.47. The molecule has 3 aromatic rings. The van der Waals surface area contributed by atoms with E-state index in [1.54, 1.807) is 16.9 Å². The van der Waals surface area contributed by atoms with Crippen molar-refractivity contribution in [1.82, 2.24) is 25.0 Å². The zero-order valence-corrected chi connectivity index (χ0v) is 12.1. The molecule has 1 saturated heterocycles. The fraction of sp³-hybridized carbons (Fsp3) is 0.333. The van der Waals surface area contributed by atoms with Gasteiger partial charge >= 0.3 is 0 Å². The molecule has 4 rings (SSSR count). The highest BCUT2D eigenvalue weighted by Crippen LogP contribution is 2.23. The van der Waals surface area contributed by atoms with Crippen LogP contribution in [0.4, 0.5) is 11.5 Å². The monoisotopic (exact) mass is 295 g/mol. The highest BCUT2D eigenvalue weighted by Gasteiger charge is 2.22. The first-order valence-electron chi connectivity index (χ1n) is 7.46. The second kappa shape index (κ2) is 5.59. The minimum Gasteiger partial charge on any atom is -0.371 e. The van der Waals surface area contributed by atoms with Gasteiger partial charge in [-0.1, -0.05) is 18.2 Å². The Morgan fingerprint density at radius 3 is 3.00 bits per heavy atom. The quantitative estimate of drug-likeness (QED) is 0.785. The van der Waals surface area contributed by atoms with Gasteiger partial charge in [0, 0.05) is 25.3 Å². The minimum atomic E-state index is 0.604. The Bertz CT molecular complexity index is 755. The topological polar surface area (TPSA) is 71.2 Å². The predicted molar refractivity (Wildman–Crippen MR) is 83.8 cm³/mol. The molecule has 1 aliphatic rings. The smallest absolute Gasteiger partial charge is 0.199 e. The second-order valence-electron chi connectivity index (χ2n) is 5.56. The molecule has 7 nitrogen and oxygen atoms in total. The summed E-state index contributed by atoms with van der Waals surface area (Å²) in [6, 6.07) is 10.6. The van der Waals surface area contributed by atoms with Gasteiger partial charge in [-0.2, -0.15) is 4.52 Å². The van der Waals surface area contributed by atoms with Crippen molar-refractivity contribution in [3.05, 3.63) is 42.7 Å². The van der Waals surface area contributed by atoms with Crippen LogP contribution in [0.1, 0.15) is 6.42 Å². The molecule has 0 aliphatic carbocycles. The van der Waals surface area contributed by atoms with Crippen molar-refractivity contribution in [1.29, 1.82) is 0 Å². The number of para-hydroxylation sites is 1. The summed E-state index contributed by atoms with van der Waals surface area (Å²) in [5.74, 6) is 1.44. The SMILES string of the molecule is c1ccc(N2CCC(CNc3cncc4nnnn34)C2)cc1. The van der Waals surface area contributed by atoms with Gasteiger partial charge in [-0.05, 0) is 34.9 Å². The van der Waals surface area contributed by atoms with Crippen molar-refractivity contribution in [2.24, 2.45) is 5.92 Å². The molecule has 1 aromatic carbocycles. The lowest BCUT2D eigenvalue weighted by Gasteiger charge is -2.18. The number of benzene rings is 1. The van der Waals surface area contributed by atoms with Gasteiger partial charge in [0.2, 0.25) is 0 Å². The lowest BCUT2D eigenvalue weighted by molar-refractivity contribution is 0.619. The summed E-state index contributed by atoms with van der Waals surface area (Å²) in [6.45, 7) is 3.06. The number of tetrazole rings is 1. The van der Waals surface area contributed by atoms with Crippen LogP contribution in [0.2, 0.25) is 0 Å². The van der Waals surface area contributed by atoms with E-state index in [0.717, 1.165) is 25.5 Å². The maximum absolute atomic E-state index is 4.16. The predicted octanol–water partition coefficient (Wildman–Crippen LogP) is 1.46. The van der Waals surface area contributed by atoms with Gasteiger partial charge in [0.05, 0.1) is 12.4 Å². The molecule has 1 atom stereocenters. The standard InChI is InChI=1S/C15H17N7/c1-2-4-13(5-3-1)21-7-6-12(11-21)8-17-14-9-16-10-15-18-19-20-22(14)15/h1-5,9-10,12,17H,6-8,11H2. The summed E-state index contributed by atoms with van der Waals surface area (Å²) < 4.78 is 1.68. The van der Waals surface area contributed by atoms with Gasteiger partial charge < -0.3 is 10.2 Å². The van der Waals surface area contributed by atoms with Crippen LogP contribution in [0.5, 0.6) is 0 Å². The van der Waals surface area contributed by atoms with E-state index in [0.29, 0.717) is 11.6 Å². The summed E-state index contributed by atoms with van der Waals surface area (Å²) in [7, 11) is 0. The number of hydrogen-bond donors (Lipinski definition) is 1. The third-order valence-electron chi connectivity index (χ3n) is 4.09. The van der Waals surface area contributed by atoms with Crippen LogP contribution in [0.15, 0.2) is 42.7 Å². The Balaban J connectivity index is 1.40. The van der Waals surface area contributed by atoms with Crippen molar-refractivity contribution in [3.8, 4) is 0 Å². The van der Waals surface area contributed by atoms with E-state index >= 15 is 0 Å². The number of fused-ring (bicyclic) bond motifs is 1. The van der Waals surface area contributed by atoms with Gasteiger partial charge in [-0.15, -0.1) is 5.10 Å². The van der Waals surface area contributed by atoms with Crippen LogP contribution in [0, 0.1) is 5.92 Å². The van der Waals surface area contributed by atoms with E-state index in [1.807, 2.05) is 0 Å². The summed E-state index contributed by atoms with van der Waals surface area (Å²) >= 11 is 0. The largest absolute Gasteiger partial charge is 0.371 e. The minimum absolute atomic E-state index is 0.604. The Hall–Kier alpha value is -2.70. The van der Waals surface area contributed by atoms with Gasteiger partial charge in [0.1, 0.15) is 5.82 Å². The highest BCUT2D eigenvalue weighted by atomic mass is 15.5. The van der Waals surface area contributed by atoms with E-state index in [2.05, 4.69) is 61.1 Å². The number of rotatable bonds is 4. The van der Waals surface area contributed by atoms with Crippen molar-refractivity contribution in [3.63, 3.8) is 0 Å². The maximum atomic E-state index is 4.16. The molecule has 0 saturated carbocycles. The summed E-state index contributed by atoms with van der Waals surface area (Å²) in [6.07, 6.45) is 4.59. The fourth-order valence-electron chi connectivity index (χ4n) is 2.92. The van der Waals surface area contributed by atoms with Crippen LogP contribution in [-0.4, -0.2) is 44.7 Å². The number of nitrogens with zero attached hydrogens (tertiary/aromatic N) is 6. The molecule has 2 aromatic heterocycles. The molecule has 1 unspecified atom stereocenters. The zero-order valence-electron chi connectivity index (χ0n) is 12.1. The Labute approximate surface area is 128 Å². The molecule has 1 aliphatic heterocycles. The fourth-order valence-corrected chi connectivity index (χ4v) is 2.92. The Morgan fingerprint density at radius 2 is 2.09 bits per heavy atom. The van der Waals surface area contributed by atoms with Crippen molar-refractivity contribution >= 4 is 17.2 Å². The van der Waals surface area contributed by atoms with E-state index in [9.17, 15) is 0 Å². The van der Waals surface area contributed by atoms with Crippen LogP contribution < -0.4 is 10.2 Å². The maximum Gasteiger partial charge on any atom is 0.199 e. The molecule has 0 radical (unpaired) electrons. The third-order valence-corrected chi connectivity index (χ3v) is 4.09. The first-order chi connectivity index (χ1) is 10.9. The molecule has 0 spiro atoms. The molecule has 1 N–H and O–H groups in total. The summed E-state index contributed by atoms with van der Waals surface area (Å²) in [5.41, 5.74) is 1.96. The van der Waals surface area contributed by atoms with E-state index in [-0.39, 0.29) is 0 Å². The molecule has 0 amide bonds. The van der Waals surface area contributed by atoms with Gasteiger partial charge in [0.25, 0.3) is 0 Å². The molecule has 3 heterocycles. The van der Waals surface area contributed by atoms with E-state index in [1.165, 1.54) is 12.1 Å². The lowest BCUT2D eigenvalue weighted by Crippen LogP contribution is -2.22. The van der Waals surface area contributed by atoms with Crippen LogP contribution in [0.25, 0.3) is 5.65 Å². The van der Waals surface area contributed by atoms with Crippen molar-refractivity contribution in [2.45, 2.75) is 6.42 Å².